The predicted molar refractivity (Wildman–Crippen MR) is 156 cm³/mol. The quantitative estimate of drug-likeness (QED) is 0.254. The van der Waals surface area contributed by atoms with Gasteiger partial charge in [0.05, 0.1) is 13.6 Å². The normalized spacial score (nSPS) is 11.4. The molecule has 0 amide bonds. The molecule has 38 heavy (non-hydrogen) atoms. The van der Waals surface area contributed by atoms with Crippen LogP contribution in [0.1, 0.15) is 50.7 Å². The summed E-state index contributed by atoms with van der Waals surface area (Å²) in [6, 6.07) is 24.6. The van der Waals surface area contributed by atoms with Gasteiger partial charge in [0.1, 0.15) is 35.4 Å². The molecule has 2 aromatic carbocycles. The molecule has 2 heterocycles. The van der Waals surface area contributed by atoms with Crippen molar-refractivity contribution in [3.05, 3.63) is 113 Å². The first-order valence-electron chi connectivity index (χ1n) is 12.1. The molecule has 0 aliphatic heterocycles. The van der Waals surface area contributed by atoms with Crippen LogP contribution in [0.15, 0.2) is 60.7 Å². The Balaban J connectivity index is 2.20. The standard InChI is InChI=1S/C32H24N4S2/c1-19(2)21-7-11-23(12-8-21)26-15-28(25(17-33)18-34)37-30(26)31-27(16-29(38-31)32(35-5)36-6)24-13-9-22(10-14-24)20(3)4/h7-16,19-20H,1-4H3/b31-30+. The number of thiophene rings is 2. The summed E-state index contributed by atoms with van der Waals surface area (Å²) in [5, 5.41) is 19.2. The molecule has 0 spiro atoms. The van der Waals surface area contributed by atoms with Crippen LogP contribution < -0.4 is 9.06 Å². The fraction of sp³-hybridized carbons (Fsp3) is 0.188. The van der Waals surface area contributed by atoms with E-state index in [2.05, 4.69) is 85.9 Å². The van der Waals surface area contributed by atoms with E-state index in [4.69, 9.17) is 13.1 Å². The van der Waals surface area contributed by atoms with Gasteiger partial charge in [0.25, 0.3) is 0 Å². The van der Waals surface area contributed by atoms with Gasteiger partial charge >= 0.3 is 5.82 Å². The Bertz CT molecular complexity index is 1720. The monoisotopic (exact) mass is 528 g/mol. The number of nitrogens with zero attached hydrogens (tertiary/aromatic N) is 4. The van der Waals surface area contributed by atoms with Crippen molar-refractivity contribution in [2.45, 2.75) is 39.5 Å². The molecule has 0 saturated heterocycles. The summed E-state index contributed by atoms with van der Waals surface area (Å²) in [4.78, 5) is 6.92. The minimum Gasteiger partial charge on any atom is -0.192 e. The van der Waals surface area contributed by atoms with Crippen molar-refractivity contribution < 1.29 is 0 Å². The molecule has 0 atom stereocenters. The van der Waals surface area contributed by atoms with Gasteiger partial charge in [0, 0.05) is 11.1 Å². The zero-order valence-electron chi connectivity index (χ0n) is 21.5. The van der Waals surface area contributed by atoms with E-state index in [9.17, 15) is 10.5 Å². The van der Waals surface area contributed by atoms with E-state index in [1.54, 1.807) is 0 Å². The first-order valence-corrected chi connectivity index (χ1v) is 13.7. The van der Waals surface area contributed by atoms with Gasteiger partial charge in [-0.15, -0.1) is 22.7 Å². The molecule has 4 nitrogen and oxygen atoms in total. The highest BCUT2D eigenvalue weighted by molar-refractivity contribution is 7.12. The summed E-state index contributed by atoms with van der Waals surface area (Å²) in [5.74, 6) is 0.828. The highest BCUT2D eigenvalue weighted by atomic mass is 32.1. The first kappa shape index (κ1) is 26.6. The number of hydrogen-bond donors (Lipinski definition) is 0. The minimum absolute atomic E-state index is 0.0298. The lowest BCUT2D eigenvalue weighted by molar-refractivity contribution is 0.867. The molecule has 0 saturated carbocycles. The highest BCUT2D eigenvalue weighted by Gasteiger charge is 2.15. The van der Waals surface area contributed by atoms with Crippen molar-refractivity contribution >= 4 is 34.1 Å². The largest absolute Gasteiger partial charge is 0.536 e. The van der Waals surface area contributed by atoms with Crippen molar-refractivity contribution in [1.82, 2.24) is 0 Å². The number of rotatable bonds is 4. The third-order valence-corrected chi connectivity index (χ3v) is 8.80. The third-order valence-electron chi connectivity index (χ3n) is 6.35. The summed E-state index contributed by atoms with van der Waals surface area (Å²) in [5.41, 5.74) is 6.34. The predicted octanol–water partition coefficient (Wildman–Crippen LogP) is 7.78. The van der Waals surface area contributed by atoms with Gasteiger partial charge in [-0.05, 0) is 46.2 Å². The van der Waals surface area contributed by atoms with Crippen LogP contribution in [0, 0.1) is 44.9 Å². The Labute approximate surface area is 230 Å². The Kier molecular flexibility index (Phi) is 7.90. The molecule has 0 radical (unpaired) electrons. The van der Waals surface area contributed by atoms with E-state index in [0.29, 0.717) is 20.9 Å². The van der Waals surface area contributed by atoms with Gasteiger partial charge in [-0.2, -0.15) is 20.2 Å². The lowest BCUT2D eigenvalue weighted by Crippen LogP contribution is -1.95. The molecule has 0 bridgehead atoms. The maximum Gasteiger partial charge on any atom is 0.536 e. The Hall–Kier alpha value is -4.46. The van der Waals surface area contributed by atoms with Crippen molar-refractivity contribution in [2.24, 2.45) is 0 Å². The molecule has 2 aromatic heterocycles. The van der Waals surface area contributed by atoms with Crippen molar-refractivity contribution in [2.75, 3.05) is 0 Å². The van der Waals surface area contributed by atoms with Crippen LogP contribution in [-0.4, -0.2) is 0 Å². The summed E-state index contributed by atoms with van der Waals surface area (Å²) < 4.78 is 3.03. The lowest BCUT2D eigenvalue weighted by atomic mass is 9.98. The van der Waals surface area contributed by atoms with Crippen molar-refractivity contribution in [3.8, 4) is 34.4 Å². The molecule has 4 aromatic rings. The second kappa shape index (κ2) is 11.3. The summed E-state index contributed by atoms with van der Waals surface area (Å²) in [6.45, 7) is 23.6. The average Bonchev–Trinajstić information content (AvgIpc) is 3.55. The summed E-state index contributed by atoms with van der Waals surface area (Å²) in [7, 11) is 0. The van der Waals surface area contributed by atoms with Crippen LogP contribution in [0.25, 0.3) is 43.3 Å². The smallest absolute Gasteiger partial charge is 0.192 e. The lowest BCUT2D eigenvalue weighted by Gasteiger charge is -2.07. The van der Waals surface area contributed by atoms with Crippen LogP contribution in [0.3, 0.4) is 0 Å². The van der Waals surface area contributed by atoms with Gasteiger partial charge in [0.15, 0.2) is 0 Å². The van der Waals surface area contributed by atoms with E-state index in [0.717, 1.165) is 31.3 Å². The van der Waals surface area contributed by atoms with Crippen molar-refractivity contribution in [1.29, 1.82) is 10.5 Å². The minimum atomic E-state index is 0.0298. The fourth-order valence-corrected chi connectivity index (χ4v) is 6.55. The van der Waals surface area contributed by atoms with Crippen LogP contribution >= 0.6 is 22.7 Å². The molecule has 6 heteroatoms. The second-order valence-electron chi connectivity index (χ2n) is 9.41. The van der Waals surface area contributed by atoms with Gasteiger partial charge in [-0.1, -0.05) is 76.2 Å². The van der Waals surface area contributed by atoms with Gasteiger partial charge in [0.2, 0.25) is 0 Å². The van der Waals surface area contributed by atoms with Gasteiger partial charge in [-0.3, -0.25) is 0 Å². The van der Waals surface area contributed by atoms with Crippen molar-refractivity contribution in [3.63, 3.8) is 0 Å². The maximum atomic E-state index is 9.59. The Morgan fingerprint density at radius 1 is 0.684 bits per heavy atom. The molecular weight excluding hydrogens is 505 g/mol. The van der Waals surface area contributed by atoms with E-state index >= 15 is 0 Å². The van der Waals surface area contributed by atoms with E-state index in [-0.39, 0.29) is 11.4 Å². The Morgan fingerprint density at radius 3 is 1.45 bits per heavy atom. The number of hydrogen-bond acceptors (Lipinski definition) is 4. The Morgan fingerprint density at radius 2 is 1.08 bits per heavy atom. The summed E-state index contributed by atoms with van der Waals surface area (Å²) in [6.07, 6.45) is 0. The average molecular weight is 529 g/mol. The van der Waals surface area contributed by atoms with E-state index in [1.165, 1.54) is 33.8 Å². The highest BCUT2D eigenvalue weighted by Crippen LogP contribution is 2.31. The van der Waals surface area contributed by atoms with Crippen LogP contribution in [-0.2, 0) is 0 Å². The second-order valence-corrected chi connectivity index (χ2v) is 11.5. The van der Waals surface area contributed by atoms with Crippen LogP contribution in [0.5, 0.6) is 0 Å². The fourth-order valence-electron chi connectivity index (χ4n) is 4.15. The molecule has 0 unspecified atom stereocenters. The van der Waals surface area contributed by atoms with Gasteiger partial charge < -0.3 is 0 Å². The van der Waals surface area contributed by atoms with E-state index < -0.39 is 0 Å². The molecule has 184 valence electrons. The SMILES string of the molecule is [C-]#[N+]C([N+]#[C-])=c1cc(-c2ccc(C(C)C)cc2)/c(=c2\sc(=C(C#N)C#N)cc2-c2ccc(C(C)C)cc2)s1. The van der Waals surface area contributed by atoms with Gasteiger partial charge in [-0.25, -0.2) is 0 Å². The molecule has 0 N–H and O–H groups in total. The van der Waals surface area contributed by atoms with E-state index in [1.807, 2.05) is 24.3 Å². The first-order chi connectivity index (χ1) is 18.3. The number of nitriles is 2. The molecule has 4 rings (SSSR count). The molecule has 0 aliphatic carbocycles. The topological polar surface area (TPSA) is 56.3 Å². The number of benzene rings is 2. The van der Waals surface area contributed by atoms with Crippen LogP contribution in [0.2, 0.25) is 0 Å². The zero-order valence-corrected chi connectivity index (χ0v) is 23.2. The van der Waals surface area contributed by atoms with Crippen LogP contribution in [0.4, 0.5) is 0 Å². The third kappa shape index (κ3) is 5.16. The zero-order chi connectivity index (χ0) is 27.4. The maximum absolute atomic E-state index is 9.59. The molecule has 0 fully saturated rings. The molecular formula is C32H24N4S2. The molecule has 0 aliphatic rings. The summed E-state index contributed by atoms with van der Waals surface area (Å²) >= 11 is 2.80.